The van der Waals surface area contributed by atoms with Crippen LogP contribution in [0.3, 0.4) is 0 Å². The van der Waals surface area contributed by atoms with E-state index in [4.69, 9.17) is 4.42 Å². The molecule has 0 bridgehead atoms. The van der Waals surface area contributed by atoms with Gasteiger partial charge in [-0.3, -0.25) is 0 Å². The normalized spacial score (nSPS) is 11.8. The fourth-order valence-corrected chi connectivity index (χ4v) is 1.32. The first-order chi connectivity index (χ1) is 8.19. The number of nitrogens with zero attached hydrogens (tertiary/aromatic N) is 3. The van der Waals surface area contributed by atoms with E-state index in [9.17, 15) is 4.39 Å². The maximum atomic E-state index is 12.7. The number of benzene rings is 1. The van der Waals surface area contributed by atoms with E-state index in [2.05, 4.69) is 15.2 Å². The summed E-state index contributed by atoms with van der Waals surface area (Å²) in [6.07, 6.45) is 1.91. The number of aliphatic imine (C=N–C) groups is 1. The number of aromatic nitrogens is 2. The van der Waals surface area contributed by atoms with Crippen molar-refractivity contribution < 1.29 is 8.81 Å². The van der Waals surface area contributed by atoms with E-state index in [0.717, 1.165) is 5.04 Å². The number of rotatable bonds is 2. The summed E-state index contributed by atoms with van der Waals surface area (Å²) in [5.74, 6) is 0.0300. The zero-order valence-electron chi connectivity index (χ0n) is 9.35. The minimum Gasteiger partial charge on any atom is -0.402 e. The molecule has 17 heavy (non-hydrogen) atoms. The Morgan fingerprint density at radius 3 is 2.65 bits per heavy atom. The lowest BCUT2D eigenvalue weighted by atomic mass is 10.2. The fourth-order valence-electron chi connectivity index (χ4n) is 1.15. The van der Waals surface area contributed by atoms with E-state index in [1.807, 2.05) is 13.2 Å². The molecule has 1 aromatic heterocycles. The summed E-state index contributed by atoms with van der Waals surface area (Å²) in [6, 6.07) is 6.05. The zero-order chi connectivity index (χ0) is 12.3. The Balaban J connectivity index is 2.27. The maximum absolute atomic E-state index is 12.7. The molecule has 2 aromatic rings. The van der Waals surface area contributed by atoms with Crippen molar-refractivity contribution in [3.63, 3.8) is 0 Å². The third-order valence-corrected chi connectivity index (χ3v) is 2.74. The first-order valence-electron chi connectivity index (χ1n) is 4.88. The standard InChI is InChI=1S/C11H10FN3OS/c1-7(17-2)13-11-15-14-10(16-11)8-3-5-9(12)6-4-8/h3-6H,1-2H3. The second-order valence-corrected chi connectivity index (χ2v) is 4.23. The van der Waals surface area contributed by atoms with Gasteiger partial charge in [0, 0.05) is 5.56 Å². The lowest BCUT2D eigenvalue weighted by Crippen LogP contribution is -1.79. The molecule has 0 aliphatic carbocycles. The van der Waals surface area contributed by atoms with Gasteiger partial charge in [-0.15, -0.1) is 16.9 Å². The lowest BCUT2D eigenvalue weighted by molar-refractivity contribution is 0.579. The molecular weight excluding hydrogens is 241 g/mol. The van der Waals surface area contributed by atoms with E-state index in [1.165, 1.54) is 23.9 Å². The maximum Gasteiger partial charge on any atom is 0.343 e. The van der Waals surface area contributed by atoms with Crippen LogP contribution in [0, 0.1) is 5.82 Å². The molecule has 1 aromatic carbocycles. The Kier molecular flexibility index (Phi) is 3.53. The van der Waals surface area contributed by atoms with Crippen molar-refractivity contribution in [2.75, 3.05) is 6.26 Å². The fraction of sp³-hybridized carbons (Fsp3) is 0.182. The summed E-state index contributed by atoms with van der Waals surface area (Å²) in [4.78, 5) is 4.11. The van der Waals surface area contributed by atoms with Crippen molar-refractivity contribution >= 4 is 22.8 Å². The smallest absolute Gasteiger partial charge is 0.343 e. The first kappa shape index (κ1) is 11.8. The quantitative estimate of drug-likeness (QED) is 0.607. The Labute approximate surface area is 102 Å². The van der Waals surface area contributed by atoms with Gasteiger partial charge in [0.05, 0.1) is 5.04 Å². The molecule has 0 saturated heterocycles. The number of thioether (sulfide) groups is 1. The minimum absolute atomic E-state index is 0.205. The predicted octanol–water partition coefficient (Wildman–Crippen LogP) is 3.29. The highest BCUT2D eigenvalue weighted by molar-refractivity contribution is 8.13. The largest absolute Gasteiger partial charge is 0.402 e. The van der Waals surface area contributed by atoms with Crippen LogP contribution in [0.4, 0.5) is 10.4 Å². The van der Waals surface area contributed by atoms with Gasteiger partial charge < -0.3 is 4.42 Å². The summed E-state index contributed by atoms with van der Waals surface area (Å²) >= 11 is 1.50. The second-order valence-electron chi connectivity index (χ2n) is 3.23. The van der Waals surface area contributed by atoms with Crippen LogP contribution in [-0.4, -0.2) is 21.5 Å². The molecule has 2 rings (SSSR count). The molecule has 0 aliphatic heterocycles. The van der Waals surface area contributed by atoms with Gasteiger partial charge in [0.15, 0.2) is 0 Å². The van der Waals surface area contributed by atoms with Gasteiger partial charge in [-0.2, -0.15) is 4.99 Å². The third-order valence-electron chi connectivity index (χ3n) is 2.05. The van der Waals surface area contributed by atoms with Crippen molar-refractivity contribution in [2.45, 2.75) is 6.92 Å². The van der Waals surface area contributed by atoms with E-state index >= 15 is 0 Å². The topological polar surface area (TPSA) is 51.3 Å². The van der Waals surface area contributed by atoms with E-state index < -0.39 is 0 Å². The molecule has 0 saturated carbocycles. The van der Waals surface area contributed by atoms with Crippen LogP contribution >= 0.6 is 11.8 Å². The van der Waals surface area contributed by atoms with Crippen molar-refractivity contribution in [2.24, 2.45) is 4.99 Å². The SMILES string of the molecule is CSC(C)=Nc1nnc(-c2ccc(F)cc2)o1. The van der Waals surface area contributed by atoms with Crippen LogP contribution < -0.4 is 0 Å². The first-order valence-corrected chi connectivity index (χ1v) is 6.10. The van der Waals surface area contributed by atoms with Crippen LogP contribution in [0.25, 0.3) is 11.5 Å². The van der Waals surface area contributed by atoms with Crippen LogP contribution in [0.1, 0.15) is 6.92 Å². The van der Waals surface area contributed by atoms with Gasteiger partial charge in [-0.05, 0) is 37.4 Å². The highest BCUT2D eigenvalue weighted by atomic mass is 32.2. The molecule has 4 nitrogen and oxygen atoms in total. The Morgan fingerprint density at radius 1 is 1.29 bits per heavy atom. The van der Waals surface area contributed by atoms with Crippen molar-refractivity contribution in [3.05, 3.63) is 30.1 Å². The number of halogens is 1. The van der Waals surface area contributed by atoms with Crippen molar-refractivity contribution in [1.82, 2.24) is 10.2 Å². The highest BCUT2D eigenvalue weighted by Crippen LogP contribution is 2.21. The summed E-state index contributed by atoms with van der Waals surface area (Å²) < 4.78 is 18.1. The average molecular weight is 251 g/mol. The van der Waals surface area contributed by atoms with Crippen LogP contribution in [0.15, 0.2) is 33.7 Å². The number of hydrogen-bond donors (Lipinski definition) is 0. The van der Waals surface area contributed by atoms with Gasteiger partial charge in [0.25, 0.3) is 0 Å². The van der Waals surface area contributed by atoms with Gasteiger partial charge in [0.1, 0.15) is 5.82 Å². The molecule has 0 N–H and O–H groups in total. The van der Waals surface area contributed by atoms with E-state index in [-0.39, 0.29) is 11.8 Å². The Hall–Kier alpha value is -1.69. The van der Waals surface area contributed by atoms with Gasteiger partial charge in [-0.25, -0.2) is 4.39 Å². The number of hydrogen-bond acceptors (Lipinski definition) is 5. The Morgan fingerprint density at radius 2 is 2.00 bits per heavy atom. The molecule has 0 spiro atoms. The summed E-state index contributed by atoms with van der Waals surface area (Å²) in [6.45, 7) is 1.85. The van der Waals surface area contributed by atoms with Gasteiger partial charge in [0.2, 0.25) is 5.89 Å². The van der Waals surface area contributed by atoms with Crippen LogP contribution in [0.5, 0.6) is 0 Å². The van der Waals surface area contributed by atoms with E-state index in [1.54, 1.807) is 12.1 Å². The highest BCUT2D eigenvalue weighted by Gasteiger charge is 2.07. The molecule has 0 amide bonds. The minimum atomic E-state index is -0.301. The second kappa shape index (κ2) is 5.09. The molecular formula is C11H10FN3OS. The average Bonchev–Trinajstić information content (AvgIpc) is 2.78. The summed E-state index contributed by atoms with van der Waals surface area (Å²) in [5.41, 5.74) is 0.669. The zero-order valence-corrected chi connectivity index (χ0v) is 10.2. The Bertz CT molecular complexity index is 536. The lowest BCUT2D eigenvalue weighted by Gasteiger charge is -1.93. The molecule has 1 heterocycles. The van der Waals surface area contributed by atoms with Gasteiger partial charge >= 0.3 is 6.01 Å². The molecule has 0 fully saturated rings. The molecule has 0 unspecified atom stereocenters. The third kappa shape index (κ3) is 2.91. The molecule has 88 valence electrons. The van der Waals surface area contributed by atoms with Crippen LogP contribution in [-0.2, 0) is 0 Å². The van der Waals surface area contributed by atoms with Crippen LogP contribution in [0.2, 0.25) is 0 Å². The molecule has 0 aliphatic rings. The van der Waals surface area contributed by atoms with E-state index in [0.29, 0.717) is 11.5 Å². The predicted molar refractivity (Wildman–Crippen MR) is 66.0 cm³/mol. The molecule has 0 radical (unpaired) electrons. The summed E-state index contributed by atoms with van der Waals surface area (Å²) in [5, 5.41) is 8.47. The monoisotopic (exact) mass is 251 g/mol. The van der Waals surface area contributed by atoms with Crippen molar-refractivity contribution in [3.8, 4) is 11.5 Å². The van der Waals surface area contributed by atoms with Crippen molar-refractivity contribution in [1.29, 1.82) is 0 Å². The van der Waals surface area contributed by atoms with Gasteiger partial charge in [-0.1, -0.05) is 5.10 Å². The summed E-state index contributed by atoms with van der Waals surface area (Å²) in [7, 11) is 0. The molecule has 6 heteroatoms. The molecule has 0 atom stereocenters.